The minimum absolute atomic E-state index is 0.0741. The summed E-state index contributed by atoms with van der Waals surface area (Å²) in [7, 11) is -0.503. The summed E-state index contributed by atoms with van der Waals surface area (Å²) in [6.07, 6.45) is 10.00. The van der Waals surface area contributed by atoms with E-state index in [-0.39, 0.29) is 5.91 Å². The summed E-state index contributed by atoms with van der Waals surface area (Å²) in [5.41, 5.74) is 1.77. The zero-order chi connectivity index (χ0) is 22.3. The van der Waals surface area contributed by atoms with E-state index in [0.29, 0.717) is 30.3 Å². The van der Waals surface area contributed by atoms with Crippen molar-refractivity contribution in [1.82, 2.24) is 10.6 Å². The molecule has 0 aliphatic carbocycles. The second-order valence-electron chi connectivity index (χ2n) is 7.48. The van der Waals surface area contributed by atoms with E-state index in [1.165, 1.54) is 11.3 Å². The maximum Gasteiger partial charge on any atom is 0.261 e. The molecule has 9 heteroatoms. The van der Waals surface area contributed by atoms with E-state index >= 15 is 0 Å². The fourth-order valence-corrected chi connectivity index (χ4v) is 4.82. The van der Waals surface area contributed by atoms with Crippen molar-refractivity contribution < 1.29 is 9.00 Å². The molecule has 31 heavy (non-hydrogen) atoms. The van der Waals surface area contributed by atoms with Gasteiger partial charge in [0, 0.05) is 41.2 Å². The van der Waals surface area contributed by atoms with Crippen LogP contribution in [0.4, 0.5) is 5.69 Å². The molecule has 1 aliphatic heterocycles. The minimum atomic E-state index is -2.36. The first kappa shape index (κ1) is 23.1. The van der Waals surface area contributed by atoms with Gasteiger partial charge in [-0.1, -0.05) is 22.1 Å². The van der Waals surface area contributed by atoms with Gasteiger partial charge in [-0.3, -0.25) is 9.00 Å². The predicted molar refractivity (Wildman–Crippen MR) is 134 cm³/mol. The predicted octanol–water partition coefficient (Wildman–Crippen LogP) is 2.79. The molecule has 7 nitrogen and oxygen atoms in total. The lowest BCUT2D eigenvalue weighted by Gasteiger charge is -2.14. The molecule has 1 amide bonds. The molecular weight excluding hydrogens is 430 g/mol. The third-order valence-corrected chi connectivity index (χ3v) is 7.24. The maximum absolute atomic E-state index is 12.4. The zero-order valence-electron chi connectivity index (χ0n) is 18.0. The monoisotopic (exact) mass is 459 g/mol. The van der Waals surface area contributed by atoms with Crippen LogP contribution in [-0.2, 0) is 16.5 Å². The molecule has 1 aliphatic rings. The van der Waals surface area contributed by atoms with Gasteiger partial charge >= 0.3 is 0 Å². The Morgan fingerprint density at radius 1 is 1.23 bits per heavy atom. The number of guanidine groups is 1. The summed E-state index contributed by atoms with van der Waals surface area (Å²) in [6.45, 7) is 1.70. The van der Waals surface area contributed by atoms with Crippen LogP contribution < -0.4 is 16.0 Å². The average Bonchev–Trinajstić information content (AvgIpc) is 3.15. The Hall–Kier alpha value is -2.62. The highest BCUT2D eigenvalue weighted by molar-refractivity contribution is 8.01. The Labute approximate surface area is 188 Å². The van der Waals surface area contributed by atoms with Crippen LogP contribution in [0.15, 0.2) is 51.3 Å². The maximum atomic E-state index is 12.4. The first-order valence-corrected chi connectivity index (χ1v) is 13.5. The Bertz CT molecular complexity index is 1070. The van der Waals surface area contributed by atoms with Gasteiger partial charge in [0.25, 0.3) is 5.91 Å². The highest BCUT2D eigenvalue weighted by Crippen LogP contribution is 2.26. The van der Waals surface area contributed by atoms with Crippen LogP contribution in [0.1, 0.15) is 26.5 Å². The van der Waals surface area contributed by atoms with E-state index < -0.39 is 9.93 Å². The fourth-order valence-electron chi connectivity index (χ4n) is 2.90. The van der Waals surface area contributed by atoms with Crippen LogP contribution in [0.25, 0.3) is 6.08 Å². The van der Waals surface area contributed by atoms with Gasteiger partial charge in [-0.2, -0.15) is 0 Å². The van der Waals surface area contributed by atoms with Gasteiger partial charge in [-0.25, -0.2) is 9.98 Å². The van der Waals surface area contributed by atoms with Gasteiger partial charge in [-0.05, 0) is 55.5 Å². The van der Waals surface area contributed by atoms with Gasteiger partial charge in [0.15, 0.2) is 0 Å². The number of aliphatic imine (C=N–C) groups is 2. The van der Waals surface area contributed by atoms with E-state index in [9.17, 15) is 9.00 Å². The van der Waals surface area contributed by atoms with Crippen molar-refractivity contribution in [1.29, 1.82) is 0 Å². The van der Waals surface area contributed by atoms with E-state index in [0.717, 1.165) is 27.6 Å². The summed E-state index contributed by atoms with van der Waals surface area (Å²) >= 11 is 1.47. The number of carbonyl (C=O) groups is 1. The summed E-state index contributed by atoms with van der Waals surface area (Å²) in [5.74, 6) is 0.404. The van der Waals surface area contributed by atoms with Gasteiger partial charge < -0.3 is 16.0 Å². The number of carbonyl (C=O) groups excluding carboxylic acids is 1. The van der Waals surface area contributed by atoms with E-state index in [4.69, 9.17) is 0 Å². The van der Waals surface area contributed by atoms with Crippen LogP contribution in [0.3, 0.4) is 0 Å². The van der Waals surface area contributed by atoms with Crippen LogP contribution in [0, 0.1) is 0 Å². The van der Waals surface area contributed by atoms with Crippen molar-refractivity contribution in [2.24, 2.45) is 9.98 Å². The zero-order valence-corrected chi connectivity index (χ0v) is 19.7. The smallest absolute Gasteiger partial charge is 0.261 e. The Morgan fingerprint density at radius 2 is 2.06 bits per heavy atom. The van der Waals surface area contributed by atoms with Crippen LogP contribution >= 0.6 is 11.3 Å². The van der Waals surface area contributed by atoms with Crippen molar-refractivity contribution in [3.8, 4) is 0 Å². The van der Waals surface area contributed by atoms with Crippen molar-refractivity contribution in [3.63, 3.8) is 0 Å². The number of anilines is 1. The molecule has 0 unspecified atom stereocenters. The lowest BCUT2D eigenvalue weighted by molar-refractivity contribution is 0.0958. The summed E-state index contributed by atoms with van der Waals surface area (Å²) in [6, 6.07) is 9.42. The molecule has 0 spiro atoms. The molecule has 1 aromatic carbocycles. The Balaban J connectivity index is 1.80. The van der Waals surface area contributed by atoms with Crippen molar-refractivity contribution >= 4 is 51.1 Å². The van der Waals surface area contributed by atoms with Crippen molar-refractivity contribution in [2.45, 2.75) is 17.9 Å². The van der Waals surface area contributed by atoms with E-state index in [1.54, 1.807) is 18.7 Å². The van der Waals surface area contributed by atoms with Crippen LogP contribution in [-0.4, -0.2) is 54.9 Å². The Kier molecular flexibility index (Phi) is 7.89. The molecule has 0 saturated heterocycles. The highest BCUT2D eigenvalue weighted by Gasteiger charge is 2.14. The van der Waals surface area contributed by atoms with E-state index in [2.05, 4.69) is 25.9 Å². The molecule has 2 heterocycles. The second kappa shape index (κ2) is 10.6. The number of rotatable bonds is 6. The number of allylic oxidation sites excluding steroid dienone is 1. The lowest BCUT2D eigenvalue weighted by atomic mass is 10.2. The summed E-state index contributed by atoms with van der Waals surface area (Å²) in [5, 5.41) is 9.15. The highest BCUT2D eigenvalue weighted by atomic mass is 32.2. The summed E-state index contributed by atoms with van der Waals surface area (Å²) in [4.78, 5) is 24.0. The third-order valence-electron chi connectivity index (χ3n) is 4.57. The minimum Gasteiger partial charge on any atom is -0.350 e. The summed E-state index contributed by atoms with van der Waals surface area (Å²) < 4.78 is 12.4. The largest absolute Gasteiger partial charge is 0.350 e. The molecule has 3 N–H and O–H groups in total. The number of likely N-dealkylation sites (N-methyl/N-ethyl adjacent to an activating group) is 1. The van der Waals surface area contributed by atoms with Crippen molar-refractivity contribution in [3.05, 3.63) is 51.7 Å². The lowest BCUT2D eigenvalue weighted by Crippen LogP contribution is -2.29. The molecule has 3 rings (SSSR count). The standard InChI is InChI=1S/C22H29N5O2S2/c1-23-11-12-24-21(28)20-13-16-15-26-22(25-10-5-4-9-19(16)30-20)27-17-7-6-8-18(14-17)31(2,3)29/h4,6-10,13-14,23,31H,5,11-12,15H2,1-3H3,(H,24,28)(H,26,27)/b9-4-,25-10-. The topological polar surface area (TPSA) is 95.0 Å². The molecule has 1 aromatic heterocycles. The van der Waals surface area contributed by atoms with Gasteiger partial charge in [0.05, 0.1) is 11.4 Å². The molecule has 2 aromatic rings. The average molecular weight is 460 g/mol. The number of nitrogens with zero attached hydrogens (tertiary/aromatic N) is 2. The Morgan fingerprint density at radius 3 is 2.84 bits per heavy atom. The first-order chi connectivity index (χ1) is 14.9. The number of benzene rings is 1. The number of hydrogen-bond donors (Lipinski definition) is 4. The molecule has 0 saturated carbocycles. The molecule has 0 radical (unpaired) electrons. The number of fused-ring (bicyclic) bond motifs is 1. The number of nitrogens with one attached hydrogen (secondary N) is 3. The van der Waals surface area contributed by atoms with Gasteiger partial charge in [0.2, 0.25) is 5.96 Å². The third kappa shape index (κ3) is 6.68. The van der Waals surface area contributed by atoms with Crippen LogP contribution in [0.2, 0.25) is 0 Å². The molecular formula is C22H29N5O2S2. The normalized spacial score (nSPS) is 18.2. The SMILES string of the molecule is CNCCNC(=O)c1cc2c(s1)/C=C\C/C=N\C(Nc1cccc([SH](C)(C)=O)c1)=N/C2. The van der Waals surface area contributed by atoms with Gasteiger partial charge in [-0.15, -0.1) is 11.3 Å². The number of thiophene rings is 1. The van der Waals surface area contributed by atoms with E-state index in [1.807, 2.05) is 49.5 Å². The first-order valence-electron chi connectivity index (χ1n) is 10.1. The number of thiol groups is 1. The quantitative estimate of drug-likeness (QED) is 0.395. The number of hydrogen-bond acceptors (Lipinski definition) is 7. The van der Waals surface area contributed by atoms with Gasteiger partial charge in [0.1, 0.15) is 0 Å². The molecule has 0 fully saturated rings. The number of amides is 1. The second-order valence-corrected chi connectivity index (χ2v) is 11.8. The molecule has 166 valence electrons. The van der Waals surface area contributed by atoms with Crippen molar-refractivity contribution in [2.75, 3.05) is 38.0 Å². The molecule has 0 atom stereocenters. The molecule has 0 bridgehead atoms. The fraction of sp³-hybridized carbons (Fsp3) is 0.318. The van der Waals surface area contributed by atoms with Crippen LogP contribution in [0.5, 0.6) is 0 Å².